The number of pyridine rings is 1. The number of ether oxygens (including phenoxy) is 1. The number of anilines is 3. The maximum Gasteiger partial charge on any atom is 0.274 e. The van der Waals surface area contributed by atoms with Gasteiger partial charge in [0.25, 0.3) is 5.91 Å². The molecule has 27 heavy (non-hydrogen) atoms. The van der Waals surface area contributed by atoms with Gasteiger partial charge in [0.2, 0.25) is 0 Å². The van der Waals surface area contributed by atoms with Gasteiger partial charge in [-0.25, -0.2) is 4.98 Å². The minimum absolute atomic E-state index is 0.287. The molecule has 134 valence electrons. The van der Waals surface area contributed by atoms with Gasteiger partial charge in [0.05, 0.1) is 30.1 Å². The molecule has 1 heterocycles. The Morgan fingerprint density at radius 1 is 1.07 bits per heavy atom. The zero-order chi connectivity index (χ0) is 19.1. The summed E-state index contributed by atoms with van der Waals surface area (Å²) in [7, 11) is 0. The minimum atomic E-state index is -0.335. The van der Waals surface area contributed by atoms with Gasteiger partial charge in [0.1, 0.15) is 11.4 Å². The Morgan fingerprint density at radius 2 is 1.85 bits per heavy atom. The minimum Gasteiger partial charge on any atom is -0.494 e. The van der Waals surface area contributed by atoms with Gasteiger partial charge in [0.15, 0.2) is 0 Å². The van der Waals surface area contributed by atoms with Crippen LogP contribution in [0.4, 0.5) is 17.1 Å². The molecule has 2 N–H and O–H groups in total. The second-order valence-electron chi connectivity index (χ2n) is 5.66. The molecule has 1 amide bonds. The molecule has 0 aliphatic rings. The third kappa shape index (κ3) is 4.83. The predicted octanol–water partition coefficient (Wildman–Crippen LogP) is 4.35. The van der Waals surface area contributed by atoms with E-state index < -0.39 is 0 Å². The van der Waals surface area contributed by atoms with Crippen LogP contribution in [-0.4, -0.2) is 17.5 Å². The van der Waals surface area contributed by atoms with E-state index in [1.165, 1.54) is 0 Å². The van der Waals surface area contributed by atoms with E-state index in [0.717, 1.165) is 17.1 Å². The Labute approximate surface area is 157 Å². The predicted molar refractivity (Wildman–Crippen MR) is 104 cm³/mol. The van der Waals surface area contributed by atoms with Crippen LogP contribution in [0.5, 0.6) is 5.75 Å². The lowest BCUT2D eigenvalue weighted by molar-refractivity contribution is 0.102. The number of carbonyl (C=O) groups is 1. The largest absolute Gasteiger partial charge is 0.494 e. The molecule has 0 saturated heterocycles. The highest BCUT2D eigenvalue weighted by molar-refractivity contribution is 6.03. The summed E-state index contributed by atoms with van der Waals surface area (Å²) < 4.78 is 5.41. The number of nitrogens with zero attached hydrogens (tertiary/aromatic N) is 2. The Bertz CT molecular complexity index is 961. The van der Waals surface area contributed by atoms with Crippen LogP contribution in [-0.2, 0) is 0 Å². The molecule has 0 fully saturated rings. The normalized spacial score (nSPS) is 9.93. The van der Waals surface area contributed by atoms with E-state index in [0.29, 0.717) is 17.9 Å². The highest BCUT2D eigenvalue weighted by Crippen LogP contribution is 2.20. The average Bonchev–Trinajstić information content (AvgIpc) is 2.70. The van der Waals surface area contributed by atoms with Crippen LogP contribution in [0.2, 0.25) is 0 Å². The van der Waals surface area contributed by atoms with Gasteiger partial charge in [-0.15, -0.1) is 0 Å². The number of benzene rings is 2. The first-order chi connectivity index (χ1) is 13.2. The van der Waals surface area contributed by atoms with Gasteiger partial charge in [-0.05, 0) is 61.5 Å². The van der Waals surface area contributed by atoms with E-state index in [1.54, 1.807) is 42.6 Å². The quantitative estimate of drug-likeness (QED) is 0.684. The third-order valence-corrected chi connectivity index (χ3v) is 3.70. The van der Waals surface area contributed by atoms with Crippen LogP contribution >= 0.6 is 0 Å². The summed E-state index contributed by atoms with van der Waals surface area (Å²) >= 11 is 0. The first-order valence-electron chi connectivity index (χ1n) is 8.45. The number of nitrogens with one attached hydrogen (secondary N) is 2. The zero-order valence-electron chi connectivity index (χ0n) is 14.8. The van der Waals surface area contributed by atoms with E-state index in [-0.39, 0.29) is 11.6 Å². The first-order valence-corrected chi connectivity index (χ1v) is 8.45. The molecule has 1 aromatic heterocycles. The summed E-state index contributed by atoms with van der Waals surface area (Å²) in [5.74, 6) is 0.478. The number of rotatable bonds is 6. The van der Waals surface area contributed by atoms with Crippen molar-refractivity contribution in [2.45, 2.75) is 6.92 Å². The lowest BCUT2D eigenvalue weighted by atomic mass is 10.2. The van der Waals surface area contributed by atoms with Gasteiger partial charge in [-0.3, -0.25) is 4.79 Å². The standard InChI is InChI=1S/C21H18N4O2/c1-2-27-19-9-6-16(7-10-19)24-18-8-11-20(23-14-18)21(26)25-17-5-3-4-15(12-17)13-22/h3-12,14,24H,2H2,1H3,(H,25,26). The topological polar surface area (TPSA) is 87.0 Å². The van der Waals surface area contributed by atoms with Crippen LogP contribution < -0.4 is 15.4 Å². The molecule has 6 heteroatoms. The molecule has 0 atom stereocenters. The number of amides is 1. The smallest absolute Gasteiger partial charge is 0.274 e. The lowest BCUT2D eigenvalue weighted by Crippen LogP contribution is -2.13. The molecule has 0 spiro atoms. The number of hydrogen-bond acceptors (Lipinski definition) is 5. The van der Waals surface area contributed by atoms with E-state index >= 15 is 0 Å². The molecule has 3 aromatic rings. The molecule has 0 aliphatic carbocycles. The molecular formula is C21H18N4O2. The van der Waals surface area contributed by atoms with E-state index in [2.05, 4.69) is 15.6 Å². The van der Waals surface area contributed by atoms with Crippen molar-refractivity contribution in [3.05, 3.63) is 78.1 Å². The van der Waals surface area contributed by atoms with Crippen molar-refractivity contribution in [1.82, 2.24) is 4.98 Å². The van der Waals surface area contributed by atoms with Crippen molar-refractivity contribution < 1.29 is 9.53 Å². The molecule has 6 nitrogen and oxygen atoms in total. The fourth-order valence-corrected chi connectivity index (χ4v) is 2.43. The van der Waals surface area contributed by atoms with Gasteiger partial charge in [-0.1, -0.05) is 6.07 Å². The third-order valence-electron chi connectivity index (χ3n) is 3.70. The first kappa shape index (κ1) is 18.0. The second-order valence-corrected chi connectivity index (χ2v) is 5.66. The molecular weight excluding hydrogens is 340 g/mol. The fraction of sp³-hybridized carbons (Fsp3) is 0.0952. The maximum atomic E-state index is 12.3. The molecule has 0 aliphatic heterocycles. The highest BCUT2D eigenvalue weighted by atomic mass is 16.5. The van der Waals surface area contributed by atoms with Gasteiger partial charge < -0.3 is 15.4 Å². The zero-order valence-corrected chi connectivity index (χ0v) is 14.8. The van der Waals surface area contributed by atoms with Crippen molar-refractivity contribution in [3.63, 3.8) is 0 Å². The average molecular weight is 358 g/mol. The molecule has 0 saturated carbocycles. The van der Waals surface area contributed by atoms with Gasteiger partial charge >= 0.3 is 0 Å². The van der Waals surface area contributed by atoms with Crippen LogP contribution in [0.1, 0.15) is 23.0 Å². The maximum absolute atomic E-state index is 12.3. The fourth-order valence-electron chi connectivity index (χ4n) is 2.43. The Balaban J connectivity index is 1.64. The molecule has 0 bridgehead atoms. The highest BCUT2D eigenvalue weighted by Gasteiger charge is 2.08. The Kier molecular flexibility index (Phi) is 5.65. The van der Waals surface area contributed by atoms with E-state index in [9.17, 15) is 4.79 Å². The van der Waals surface area contributed by atoms with Crippen molar-refractivity contribution in [1.29, 1.82) is 5.26 Å². The van der Waals surface area contributed by atoms with Crippen molar-refractivity contribution in [2.75, 3.05) is 17.2 Å². The molecule has 0 unspecified atom stereocenters. The number of aromatic nitrogens is 1. The molecule has 3 rings (SSSR count). The van der Waals surface area contributed by atoms with Crippen molar-refractivity contribution >= 4 is 23.0 Å². The van der Waals surface area contributed by atoms with Crippen LogP contribution in [0.15, 0.2) is 66.9 Å². The number of nitriles is 1. The SMILES string of the molecule is CCOc1ccc(Nc2ccc(C(=O)Nc3cccc(C#N)c3)nc2)cc1. The summed E-state index contributed by atoms with van der Waals surface area (Å²) in [4.78, 5) is 16.5. The Hall–Kier alpha value is -3.85. The van der Waals surface area contributed by atoms with E-state index in [1.807, 2.05) is 37.3 Å². The van der Waals surface area contributed by atoms with Gasteiger partial charge in [0, 0.05) is 11.4 Å². The van der Waals surface area contributed by atoms with E-state index in [4.69, 9.17) is 10.00 Å². The summed E-state index contributed by atoms with van der Waals surface area (Å²) in [6.07, 6.45) is 1.59. The summed E-state index contributed by atoms with van der Waals surface area (Å²) in [5, 5.41) is 14.9. The summed E-state index contributed by atoms with van der Waals surface area (Å²) in [6, 6.07) is 19.8. The molecule has 0 radical (unpaired) electrons. The number of carbonyl (C=O) groups excluding carboxylic acids is 1. The van der Waals surface area contributed by atoms with Crippen LogP contribution in [0, 0.1) is 11.3 Å². The summed E-state index contributed by atoms with van der Waals surface area (Å²) in [6.45, 7) is 2.57. The monoisotopic (exact) mass is 358 g/mol. The number of hydrogen-bond donors (Lipinski definition) is 2. The molecule has 2 aromatic carbocycles. The van der Waals surface area contributed by atoms with Crippen molar-refractivity contribution in [2.24, 2.45) is 0 Å². The summed E-state index contributed by atoms with van der Waals surface area (Å²) in [5.41, 5.74) is 2.98. The second kappa shape index (κ2) is 8.50. The van der Waals surface area contributed by atoms with Crippen molar-refractivity contribution in [3.8, 4) is 11.8 Å². The van der Waals surface area contributed by atoms with Gasteiger partial charge in [-0.2, -0.15) is 5.26 Å². The van der Waals surface area contributed by atoms with Crippen LogP contribution in [0.25, 0.3) is 0 Å². The lowest BCUT2D eigenvalue weighted by Gasteiger charge is -2.09. The van der Waals surface area contributed by atoms with Crippen LogP contribution in [0.3, 0.4) is 0 Å². The Morgan fingerprint density at radius 3 is 2.52 bits per heavy atom.